The fourth-order valence-corrected chi connectivity index (χ4v) is 2.92. The summed E-state index contributed by atoms with van der Waals surface area (Å²) in [5.41, 5.74) is 1.29. The van der Waals surface area contributed by atoms with E-state index in [9.17, 15) is 0 Å². The van der Waals surface area contributed by atoms with Gasteiger partial charge in [-0.1, -0.05) is 12.1 Å². The Morgan fingerprint density at radius 3 is 2.62 bits per heavy atom. The van der Waals surface area contributed by atoms with Gasteiger partial charge in [0, 0.05) is 32.7 Å². The Kier molecular flexibility index (Phi) is 9.90. The Balaban J connectivity index is 1.63. The van der Waals surface area contributed by atoms with E-state index in [1.165, 1.54) is 12.0 Å². The fraction of sp³-hybridized carbons (Fsp3) is 0.650. The highest BCUT2D eigenvalue weighted by Gasteiger charge is 2.08. The van der Waals surface area contributed by atoms with Crippen LogP contribution in [0.5, 0.6) is 5.75 Å². The number of unbranched alkanes of at least 4 members (excludes halogenated alkanes) is 1. The topological polar surface area (TPSA) is 58.1 Å². The lowest BCUT2D eigenvalue weighted by Crippen LogP contribution is -2.38. The molecule has 6 heteroatoms. The summed E-state index contributed by atoms with van der Waals surface area (Å²) in [6.07, 6.45) is 3.27. The SMILES string of the molecule is CCNC(=NCCCCN1CCOCC1)NCCc1ccc(OC)cc1. The van der Waals surface area contributed by atoms with Crippen LogP contribution in [0.3, 0.4) is 0 Å². The molecule has 1 aromatic rings. The van der Waals surface area contributed by atoms with Gasteiger partial charge < -0.3 is 20.1 Å². The van der Waals surface area contributed by atoms with E-state index in [-0.39, 0.29) is 0 Å². The van der Waals surface area contributed by atoms with Crippen molar-refractivity contribution in [3.63, 3.8) is 0 Å². The number of nitrogens with one attached hydrogen (secondary N) is 2. The number of benzene rings is 1. The number of nitrogens with zero attached hydrogens (tertiary/aromatic N) is 2. The van der Waals surface area contributed by atoms with Crippen molar-refractivity contribution < 1.29 is 9.47 Å². The van der Waals surface area contributed by atoms with Crippen molar-refractivity contribution in [1.82, 2.24) is 15.5 Å². The Labute approximate surface area is 158 Å². The third-order valence-corrected chi connectivity index (χ3v) is 4.47. The predicted octanol–water partition coefficient (Wildman–Crippen LogP) is 1.91. The summed E-state index contributed by atoms with van der Waals surface area (Å²) >= 11 is 0. The van der Waals surface area contributed by atoms with Gasteiger partial charge in [0.05, 0.1) is 20.3 Å². The highest BCUT2D eigenvalue weighted by molar-refractivity contribution is 5.79. The number of methoxy groups -OCH3 is 1. The lowest BCUT2D eigenvalue weighted by molar-refractivity contribution is 0.0373. The summed E-state index contributed by atoms with van der Waals surface area (Å²) in [5, 5.41) is 6.74. The molecule has 0 radical (unpaired) electrons. The minimum Gasteiger partial charge on any atom is -0.497 e. The normalized spacial score (nSPS) is 15.7. The lowest BCUT2D eigenvalue weighted by Gasteiger charge is -2.26. The molecule has 0 aliphatic carbocycles. The molecule has 2 rings (SSSR count). The quantitative estimate of drug-likeness (QED) is 0.378. The zero-order chi connectivity index (χ0) is 18.5. The minimum absolute atomic E-state index is 0.863. The number of hydrogen-bond donors (Lipinski definition) is 2. The number of aliphatic imine (C=N–C) groups is 1. The summed E-state index contributed by atoms with van der Waals surface area (Å²) in [5.74, 6) is 1.81. The van der Waals surface area contributed by atoms with Gasteiger partial charge in [-0.2, -0.15) is 0 Å². The van der Waals surface area contributed by atoms with Crippen LogP contribution in [0.2, 0.25) is 0 Å². The second-order valence-electron chi connectivity index (χ2n) is 6.45. The minimum atomic E-state index is 0.863. The van der Waals surface area contributed by atoms with Crippen LogP contribution < -0.4 is 15.4 Å². The van der Waals surface area contributed by atoms with Crippen LogP contribution >= 0.6 is 0 Å². The Morgan fingerprint density at radius 1 is 1.15 bits per heavy atom. The van der Waals surface area contributed by atoms with Crippen molar-refractivity contribution in [1.29, 1.82) is 0 Å². The Hall–Kier alpha value is -1.79. The predicted molar refractivity (Wildman–Crippen MR) is 107 cm³/mol. The monoisotopic (exact) mass is 362 g/mol. The molecular weight excluding hydrogens is 328 g/mol. The number of ether oxygens (including phenoxy) is 2. The van der Waals surface area contributed by atoms with E-state index in [0.29, 0.717) is 0 Å². The molecular formula is C20H34N4O2. The molecule has 26 heavy (non-hydrogen) atoms. The zero-order valence-electron chi connectivity index (χ0n) is 16.3. The van der Waals surface area contributed by atoms with Gasteiger partial charge in [-0.3, -0.25) is 9.89 Å². The molecule has 1 aliphatic heterocycles. The largest absolute Gasteiger partial charge is 0.497 e. The van der Waals surface area contributed by atoms with Crippen LogP contribution in [0.4, 0.5) is 0 Å². The van der Waals surface area contributed by atoms with Crippen LogP contribution in [0.15, 0.2) is 29.3 Å². The van der Waals surface area contributed by atoms with E-state index in [2.05, 4.69) is 39.6 Å². The second kappa shape index (κ2) is 12.5. The van der Waals surface area contributed by atoms with Crippen LogP contribution in [0.25, 0.3) is 0 Å². The van der Waals surface area contributed by atoms with Gasteiger partial charge in [0.25, 0.3) is 0 Å². The van der Waals surface area contributed by atoms with Gasteiger partial charge in [-0.15, -0.1) is 0 Å². The molecule has 1 saturated heterocycles. The average molecular weight is 363 g/mol. The first kappa shape index (κ1) is 20.5. The molecule has 0 atom stereocenters. The summed E-state index contributed by atoms with van der Waals surface area (Å²) in [7, 11) is 1.69. The summed E-state index contributed by atoms with van der Waals surface area (Å²) in [6.45, 7) is 9.75. The molecule has 0 amide bonds. The molecule has 146 valence electrons. The van der Waals surface area contributed by atoms with E-state index >= 15 is 0 Å². The van der Waals surface area contributed by atoms with E-state index < -0.39 is 0 Å². The van der Waals surface area contributed by atoms with Gasteiger partial charge in [-0.05, 0) is 50.4 Å². The van der Waals surface area contributed by atoms with Gasteiger partial charge in [0.15, 0.2) is 5.96 Å². The standard InChI is InChI=1S/C20H34N4O2/c1-3-21-20(22-11-4-5-13-24-14-16-26-17-15-24)23-12-10-18-6-8-19(25-2)9-7-18/h6-9H,3-5,10-17H2,1-2H3,(H2,21,22,23). The van der Waals surface area contributed by atoms with E-state index in [0.717, 1.165) is 77.0 Å². The maximum atomic E-state index is 5.38. The van der Waals surface area contributed by atoms with Gasteiger partial charge in [0.1, 0.15) is 5.75 Å². The molecule has 0 bridgehead atoms. The molecule has 6 nitrogen and oxygen atoms in total. The zero-order valence-corrected chi connectivity index (χ0v) is 16.3. The number of guanidine groups is 1. The number of rotatable bonds is 10. The first-order valence-corrected chi connectivity index (χ1v) is 9.77. The first-order chi connectivity index (χ1) is 12.8. The Bertz CT molecular complexity index is 513. The van der Waals surface area contributed by atoms with Crippen LogP contribution in [-0.4, -0.2) is 70.5 Å². The molecule has 0 unspecified atom stereocenters. The third kappa shape index (κ3) is 8.06. The van der Waals surface area contributed by atoms with Crippen LogP contribution in [-0.2, 0) is 11.2 Å². The third-order valence-electron chi connectivity index (χ3n) is 4.47. The second-order valence-corrected chi connectivity index (χ2v) is 6.45. The van der Waals surface area contributed by atoms with Crippen molar-refractivity contribution in [2.45, 2.75) is 26.2 Å². The molecule has 1 heterocycles. The average Bonchev–Trinajstić information content (AvgIpc) is 2.69. The molecule has 2 N–H and O–H groups in total. The van der Waals surface area contributed by atoms with Gasteiger partial charge >= 0.3 is 0 Å². The maximum Gasteiger partial charge on any atom is 0.191 e. The maximum absolute atomic E-state index is 5.38. The molecule has 0 spiro atoms. The van der Waals surface area contributed by atoms with Gasteiger partial charge in [0.2, 0.25) is 0 Å². The highest BCUT2D eigenvalue weighted by atomic mass is 16.5. The molecule has 1 aromatic carbocycles. The summed E-state index contributed by atoms with van der Waals surface area (Å²) in [6, 6.07) is 8.22. The van der Waals surface area contributed by atoms with E-state index in [4.69, 9.17) is 9.47 Å². The fourth-order valence-electron chi connectivity index (χ4n) is 2.92. The highest BCUT2D eigenvalue weighted by Crippen LogP contribution is 2.11. The van der Waals surface area contributed by atoms with Crippen LogP contribution in [0.1, 0.15) is 25.3 Å². The van der Waals surface area contributed by atoms with Gasteiger partial charge in [-0.25, -0.2) is 0 Å². The summed E-state index contributed by atoms with van der Waals surface area (Å²) < 4.78 is 10.6. The van der Waals surface area contributed by atoms with E-state index in [1.54, 1.807) is 7.11 Å². The molecule has 0 saturated carbocycles. The molecule has 1 fully saturated rings. The first-order valence-electron chi connectivity index (χ1n) is 9.77. The Morgan fingerprint density at radius 2 is 1.92 bits per heavy atom. The van der Waals surface area contributed by atoms with Crippen molar-refractivity contribution in [3.8, 4) is 5.75 Å². The van der Waals surface area contributed by atoms with Crippen LogP contribution in [0, 0.1) is 0 Å². The summed E-state index contributed by atoms with van der Waals surface area (Å²) in [4.78, 5) is 7.16. The lowest BCUT2D eigenvalue weighted by atomic mass is 10.1. The van der Waals surface area contributed by atoms with E-state index in [1.807, 2.05) is 12.1 Å². The number of hydrogen-bond acceptors (Lipinski definition) is 4. The van der Waals surface area contributed by atoms with Crippen molar-refractivity contribution >= 4 is 5.96 Å². The number of morpholine rings is 1. The smallest absolute Gasteiger partial charge is 0.191 e. The molecule has 0 aromatic heterocycles. The van der Waals surface area contributed by atoms with Crippen molar-refractivity contribution in [2.24, 2.45) is 4.99 Å². The van der Waals surface area contributed by atoms with Crippen molar-refractivity contribution in [2.75, 3.05) is 59.6 Å². The van der Waals surface area contributed by atoms with Crippen molar-refractivity contribution in [3.05, 3.63) is 29.8 Å². The molecule has 1 aliphatic rings.